The van der Waals surface area contributed by atoms with E-state index in [0.29, 0.717) is 6.42 Å². The van der Waals surface area contributed by atoms with E-state index in [9.17, 15) is 30.8 Å². The zero-order chi connectivity index (χ0) is 25.0. The topological polar surface area (TPSA) is 92.3 Å². The SMILES string of the molecule is O=C(Nc1cncc(F)c1)C1c2nc(-c3cccc(C(F)(F)F)c3)ccc2S(=O)(=O)N2CC[C@H]1C2. The second-order valence-electron chi connectivity index (χ2n) is 8.43. The molecule has 1 aromatic carbocycles. The first-order valence-electron chi connectivity index (χ1n) is 10.6. The Hall–Kier alpha value is -3.38. The minimum Gasteiger partial charge on any atom is -0.324 e. The summed E-state index contributed by atoms with van der Waals surface area (Å²) in [5, 5.41) is 2.58. The van der Waals surface area contributed by atoms with Crippen LogP contribution >= 0.6 is 0 Å². The summed E-state index contributed by atoms with van der Waals surface area (Å²) < 4.78 is 81.0. The Bertz CT molecular complexity index is 1430. The monoisotopic (exact) mass is 506 g/mol. The van der Waals surface area contributed by atoms with Gasteiger partial charge < -0.3 is 5.32 Å². The summed E-state index contributed by atoms with van der Waals surface area (Å²) in [4.78, 5) is 21.3. The van der Waals surface area contributed by atoms with Crippen molar-refractivity contribution in [3.63, 3.8) is 0 Å². The first-order chi connectivity index (χ1) is 16.5. The number of carbonyl (C=O) groups excluding carboxylic acids is 1. The van der Waals surface area contributed by atoms with Gasteiger partial charge in [0.1, 0.15) is 10.7 Å². The molecule has 4 heterocycles. The molecule has 0 spiro atoms. The van der Waals surface area contributed by atoms with Crippen LogP contribution in [0.5, 0.6) is 0 Å². The van der Waals surface area contributed by atoms with E-state index in [4.69, 9.17) is 0 Å². The molecule has 0 saturated carbocycles. The van der Waals surface area contributed by atoms with Crippen molar-refractivity contribution in [1.29, 1.82) is 0 Å². The molecule has 0 radical (unpaired) electrons. The highest BCUT2D eigenvalue weighted by atomic mass is 32.2. The Balaban J connectivity index is 1.62. The van der Waals surface area contributed by atoms with Crippen LogP contribution in [-0.4, -0.2) is 41.7 Å². The van der Waals surface area contributed by atoms with E-state index in [0.717, 1.165) is 24.4 Å². The van der Waals surface area contributed by atoms with Crippen molar-refractivity contribution in [3.05, 3.63) is 71.9 Å². The van der Waals surface area contributed by atoms with Crippen LogP contribution in [0, 0.1) is 11.7 Å². The number of halogens is 4. The molecule has 182 valence electrons. The van der Waals surface area contributed by atoms with Gasteiger partial charge in [0.25, 0.3) is 0 Å². The molecule has 1 saturated heterocycles. The predicted molar refractivity (Wildman–Crippen MR) is 117 cm³/mol. The van der Waals surface area contributed by atoms with Crippen molar-refractivity contribution in [1.82, 2.24) is 14.3 Å². The molecule has 7 nitrogen and oxygen atoms in total. The molecule has 1 N–H and O–H groups in total. The average Bonchev–Trinajstić information content (AvgIpc) is 3.26. The molecule has 2 aliphatic rings. The normalized spacial score (nSPS) is 22.8. The van der Waals surface area contributed by atoms with Crippen LogP contribution in [0.25, 0.3) is 11.3 Å². The van der Waals surface area contributed by atoms with E-state index < -0.39 is 45.3 Å². The second-order valence-corrected chi connectivity index (χ2v) is 10.3. The maximum Gasteiger partial charge on any atom is 0.416 e. The van der Waals surface area contributed by atoms with Crippen LogP contribution in [0.3, 0.4) is 0 Å². The molecule has 2 unspecified atom stereocenters. The number of benzene rings is 1. The number of carbonyl (C=O) groups is 1. The van der Waals surface area contributed by atoms with Crippen molar-refractivity contribution in [2.45, 2.75) is 23.4 Å². The number of rotatable bonds is 3. The van der Waals surface area contributed by atoms with Gasteiger partial charge >= 0.3 is 6.18 Å². The fourth-order valence-electron chi connectivity index (χ4n) is 4.56. The maximum absolute atomic E-state index is 13.6. The highest BCUT2D eigenvalue weighted by molar-refractivity contribution is 7.89. The van der Waals surface area contributed by atoms with Crippen LogP contribution in [0.1, 0.15) is 23.6 Å². The number of hydrogen-bond acceptors (Lipinski definition) is 5. The van der Waals surface area contributed by atoms with Crippen LogP contribution in [0.15, 0.2) is 59.8 Å². The third-order valence-corrected chi connectivity index (χ3v) is 8.11. The van der Waals surface area contributed by atoms with Gasteiger partial charge in [-0.05, 0) is 36.6 Å². The molecule has 3 atom stereocenters. The maximum atomic E-state index is 13.6. The van der Waals surface area contributed by atoms with Gasteiger partial charge in [-0.25, -0.2) is 12.8 Å². The lowest BCUT2D eigenvalue weighted by Crippen LogP contribution is -2.29. The summed E-state index contributed by atoms with van der Waals surface area (Å²) in [6, 6.07) is 8.19. The third kappa shape index (κ3) is 4.27. The minimum atomic E-state index is -4.57. The van der Waals surface area contributed by atoms with Gasteiger partial charge in [-0.15, -0.1) is 0 Å². The Morgan fingerprint density at radius 3 is 2.66 bits per heavy atom. The largest absolute Gasteiger partial charge is 0.416 e. The van der Waals surface area contributed by atoms with Crippen molar-refractivity contribution in [2.75, 3.05) is 18.4 Å². The highest BCUT2D eigenvalue weighted by Crippen LogP contribution is 2.42. The van der Waals surface area contributed by atoms with Crippen LogP contribution in [0.2, 0.25) is 0 Å². The molecular weight excluding hydrogens is 488 g/mol. The molecule has 1 fully saturated rings. The number of aromatic nitrogens is 2. The summed E-state index contributed by atoms with van der Waals surface area (Å²) in [5.74, 6) is -2.71. The van der Waals surface area contributed by atoms with Gasteiger partial charge in [-0.3, -0.25) is 14.8 Å². The molecule has 5 rings (SSSR count). The van der Waals surface area contributed by atoms with Crippen molar-refractivity contribution < 1.29 is 30.8 Å². The fraction of sp³-hybridized carbons (Fsp3) is 0.261. The lowest BCUT2D eigenvalue weighted by Gasteiger charge is -2.23. The van der Waals surface area contributed by atoms with E-state index in [-0.39, 0.29) is 40.6 Å². The number of alkyl halides is 3. The van der Waals surface area contributed by atoms with Gasteiger partial charge in [0.05, 0.1) is 41.0 Å². The summed E-state index contributed by atoms with van der Waals surface area (Å²) >= 11 is 0. The number of amides is 1. The number of pyridine rings is 2. The van der Waals surface area contributed by atoms with Gasteiger partial charge in [0.15, 0.2) is 0 Å². The number of sulfonamides is 1. The Labute approximate surface area is 197 Å². The highest BCUT2D eigenvalue weighted by Gasteiger charge is 2.46. The Morgan fingerprint density at radius 1 is 1.11 bits per heavy atom. The first kappa shape index (κ1) is 23.4. The standard InChI is InChI=1S/C23H18F4N4O3S/c24-16-9-17(11-28-10-16)29-22(32)20-14-6-7-31(12-14)35(33,34)19-5-4-18(30-21(19)20)13-2-1-3-15(8-13)23(25,26)27/h1-5,8-11,14,20H,6-7,12H2,(H,29,32)/t14-,20?/m0/s1. The van der Waals surface area contributed by atoms with E-state index in [1.807, 2.05) is 0 Å². The van der Waals surface area contributed by atoms with Crippen LogP contribution < -0.4 is 5.32 Å². The summed E-state index contributed by atoms with van der Waals surface area (Å²) in [5.41, 5.74) is -0.606. The zero-order valence-corrected chi connectivity index (χ0v) is 18.8. The lowest BCUT2D eigenvalue weighted by molar-refractivity contribution is -0.137. The summed E-state index contributed by atoms with van der Waals surface area (Å²) in [6.07, 6.45) is -1.95. The van der Waals surface area contributed by atoms with Gasteiger partial charge in [0.2, 0.25) is 15.9 Å². The van der Waals surface area contributed by atoms with Crippen molar-refractivity contribution in [3.8, 4) is 11.3 Å². The first-order valence-corrected chi connectivity index (χ1v) is 12.1. The van der Waals surface area contributed by atoms with Crippen molar-refractivity contribution in [2.24, 2.45) is 5.92 Å². The second kappa shape index (κ2) is 8.38. The van der Waals surface area contributed by atoms with E-state index >= 15 is 0 Å². The molecule has 2 aliphatic heterocycles. The molecule has 2 bridgehead atoms. The number of anilines is 1. The number of hydrogen-bond donors (Lipinski definition) is 1. The lowest BCUT2D eigenvalue weighted by atomic mass is 9.87. The number of nitrogens with one attached hydrogen (secondary N) is 1. The fourth-order valence-corrected chi connectivity index (χ4v) is 6.25. The molecule has 3 aromatic rings. The molecule has 1 amide bonds. The quantitative estimate of drug-likeness (QED) is 0.542. The molecule has 0 aliphatic carbocycles. The van der Waals surface area contributed by atoms with Crippen LogP contribution in [-0.2, 0) is 21.0 Å². The van der Waals surface area contributed by atoms with Crippen molar-refractivity contribution >= 4 is 21.6 Å². The third-order valence-electron chi connectivity index (χ3n) is 6.20. The molecule has 35 heavy (non-hydrogen) atoms. The van der Waals surface area contributed by atoms with Gasteiger partial charge in [-0.2, -0.15) is 17.5 Å². The van der Waals surface area contributed by atoms with E-state index in [1.54, 1.807) is 0 Å². The Kier molecular flexibility index (Phi) is 5.59. The minimum absolute atomic E-state index is 0.0472. The van der Waals surface area contributed by atoms with Crippen LogP contribution in [0.4, 0.5) is 23.2 Å². The molecule has 12 heteroatoms. The molecular formula is C23H18F4N4O3S. The van der Waals surface area contributed by atoms with E-state index in [2.05, 4.69) is 15.3 Å². The number of fused-ring (bicyclic) bond motifs is 3. The number of nitrogens with zero attached hydrogens (tertiary/aromatic N) is 3. The van der Waals surface area contributed by atoms with E-state index in [1.165, 1.54) is 34.8 Å². The smallest absolute Gasteiger partial charge is 0.324 e. The summed E-state index contributed by atoms with van der Waals surface area (Å²) in [6.45, 7) is 0.324. The van der Waals surface area contributed by atoms with Gasteiger partial charge in [0, 0.05) is 24.7 Å². The average molecular weight is 506 g/mol. The van der Waals surface area contributed by atoms with Gasteiger partial charge in [-0.1, -0.05) is 12.1 Å². The zero-order valence-electron chi connectivity index (χ0n) is 18.0. The predicted octanol–water partition coefficient (Wildman–Crippen LogP) is 4.05. The summed E-state index contributed by atoms with van der Waals surface area (Å²) in [7, 11) is -3.97. The molecule has 2 aromatic heterocycles. The Morgan fingerprint density at radius 2 is 1.91 bits per heavy atom.